The number of halogens is 2. The van der Waals surface area contributed by atoms with Gasteiger partial charge in [-0.25, -0.2) is 0 Å². The van der Waals surface area contributed by atoms with Crippen LogP contribution >= 0.6 is 47.2 Å². The Labute approximate surface area is 158 Å². The van der Waals surface area contributed by atoms with Crippen LogP contribution in [0.25, 0.3) is 6.08 Å². The van der Waals surface area contributed by atoms with Gasteiger partial charge in [0.05, 0.1) is 32.3 Å². The monoisotopic (exact) mass is 390 g/mol. The predicted octanol–water partition coefficient (Wildman–Crippen LogP) is 5.27. The van der Waals surface area contributed by atoms with Crippen molar-refractivity contribution < 1.29 is 4.79 Å². The Bertz CT molecular complexity index is 917. The fourth-order valence-electron chi connectivity index (χ4n) is 2.12. The van der Waals surface area contributed by atoms with Crippen LogP contribution in [0.5, 0.6) is 0 Å². The van der Waals surface area contributed by atoms with E-state index in [0.29, 0.717) is 30.5 Å². The van der Waals surface area contributed by atoms with Crippen LogP contribution < -0.4 is 4.90 Å². The summed E-state index contributed by atoms with van der Waals surface area (Å²) in [5.41, 5.74) is 1.97. The zero-order chi connectivity index (χ0) is 17.3. The minimum atomic E-state index is -0.215. The zero-order valence-corrected chi connectivity index (χ0v) is 15.1. The van der Waals surface area contributed by atoms with Crippen molar-refractivity contribution in [3.63, 3.8) is 0 Å². The maximum Gasteiger partial charge on any atom is 0.270 e. The van der Waals surface area contributed by atoms with Crippen LogP contribution in [0.15, 0.2) is 47.4 Å². The first-order valence-corrected chi connectivity index (χ1v) is 8.71. The highest BCUT2D eigenvalue weighted by atomic mass is 35.5. The van der Waals surface area contributed by atoms with E-state index in [4.69, 9.17) is 40.7 Å². The number of nitrogens with zero attached hydrogens (tertiary/aromatic N) is 2. The van der Waals surface area contributed by atoms with Gasteiger partial charge in [-0.1, -0.05) is 59.3 Å². The molecule has 0 N–H and O–H groups in total. The number of hydrogen-bond acceptors (Lipinski definition) is 4. The molecule has 1 aliphatic rings. The topological polar surface area (TPSA) is 44.1 Å². The van der Waals surface area contributed by atoms with E-state index in [-0.39, 0.29) is 5.91 Å². The number of carbonyl (C=O) groups is 1. The first-order chi connectivity index (χ1) is 11.5. The van der Waals surface area contributed by atoms with E-state index in [1.807, 2.05) is 0 Å². The lowest BCUT2D eigenvalue weighted by atomic mass is 10.1. The first-order valence-electron chi connectivity index (χ1n) is 6.73. The van der Waals surface area contributed by atoms with Gasteiger partial charge in [-0.15, -0.1) is 0 Å². The molecule has 1 heterocycles. The molecule has 7 heteroatoms. The SMILES string of the molecule is N#Cc1ccc(/C=C2\SC(=S)N(c3ccc(Cl)c(Cl)c3)C2=O)cc1. The van der Waals surface area contributed by atoms with Crippen molar-refractivity contribution in [2.75, 3.05) is 4.90 Å². The lowest BCUT2D eigenvalue weighted by molar-refractivity contribution is -0.113. The highest BCUT2D eigenvalue weighted by Crippen LogP contribution is 2.37. The number of thiocarbonyl (C=S) groups is 1. The van der Waals surface area contributed by atoms with E-state index in [1.54, 1.807) is 48.5 Å². The van der Waals surface area contributed by atoms with Gasteiger partial charge in [0.2, 0.25) is 0 Å². The molecule has 2 aromatic carbocycles. The van der Waals surface area contributed by atoms with Crippen LogP contribution in [0.2, 0.25) is 10.0 Å². The maximum atomic E-state index is 12.7. The molecule has 3 nitrogen and oxygen atoms in total. The van der Waals surface area contributed by atoms with Gasteiger partial charge in [-0.3, -0.25) is 9.69 Å². The number of carbonyl (C=O) groups excluding carboxylic acids is 1. The average Bonchev–Trinajstić information content (AvgIpc) is 2.85. The van der Waals surface area contributed by atoms with Gasteiger partial charge >= 0.3 is 0 Å². The fourth-order valence-corrected chi connectivity index (χ4v) is 3.71. The minimum absolute atomic E-state index is 0.215. The molecule has 118 valence electrons. The molecule has 0 saturated carbocycles. The standard InChI is InChI=1S/C17H8Cl2N2OS2/c18-13-6-5-12(8-14(13)19)21-16(22)15(24-17(21)23)7-10-1-3-11(9-20)4-2-10/h1-8H/b15-7-. The maximum absolute atomic E-state index is 12.7. The van der Waals surface area contributed by atoms with E-state index in [2.05, 4.69) is 6.07 Å². The van der Waals surface area contributed by atoms with E-state index < -0.39 is 0 Å². The molecule has 0 spiro atoms. The molecular formula is C17H8Cl2N2OS2. The average molecular weight is 391 g/mol. The minimum Gasteiger partial charge on any atom is -0.268 e. The summed E-state index contributed by atoms with van der Waals surface area (Å²) in [6, 6.07) is 14.0. The number of benzene rings is 2. The molecule has 0 aliphatic carbocycles. The van der Waals surface area contributed by atoms with Gasteiger partial charge in [0, 0.05) is 0 Å². The highest BCUT2D eigenvalue weighted by Gasteiger charge is 2.33. The molecule has 0 bridgehead atoms. The lowest BCUT2D eigenvalue weighted by Gasteiger charge is -2.15. The van der Waals surface area contributed by atoms with Crippen LogP contribution in [-0.4, -0.2) is 10.2 Å². The number of thioether (sulfide) groups is 1. The van der Waals surface area contributed by atoms with Crippen LogP contribution in [0, 0.1) is 11.3 Å². The van der Waals surface area contributed by atoms with Crippen molar-refractivity contribution in [1.82, 2.24) is 0 Å². The second kappa shape index (κ2) is 6.96. The van der Waals surface area contributed by atoms with Crippen molar-refractivity contribution >= 4 is 69.2 Å². The van der Waals surface area contributed by atoms with Gasteiger partial charge in [-0.2, -0.15) is 5.26 Å². The zero-order valence-electron chi connectivity index (χ0n) is 12.0. The van der Waals surface area contributed by atoms with Gasteiger partial charge in [0.15, 0.2) is 4.32 Å². The normalized spacial score (nSPS) is 15.9. The molecule has 1 saturated heterocycles. The summed E-state index contributed by atoms with van der Waals surface area (Å²) >= 11 is 18.5. The van der Waals surface area contributed by atoms with Crippen LogP contribution in [-0.2, 0) is 4.79 Å². The molecule has 0 atom stereocenters. The Kier molecular flexibility index (Phi) is 4.93. The van der Waals surface area contributed by atoms with E-state index in [0.717, 1.165) is 5.56 Å². The van der Waals surface area contributed by atoms with Crippen LogP contribution in [0.1, 0.15) is 11.1 Å². The largest absolute Gasteiger partial charge is 0.270 e. The molecule has 3 rings (SSSR count). The third kappa shape index (κ3) is 3.33. The Balaban J connectivity index is 1.92. The number of nitriles is 1. The Morgan fingerprint density at radius 2 is 1.83 bits per heavy atom. The summed E-state index contributed by atoms with van der Waals surface area (Å²) in [5.74, 6) is -0.215. The van der Waals surface area contributed by atoms with Crippen LogP contribution in [0.4, 0.5) is 5.69 Å². The lowest BCUT2D eigenvalue weighted by Crippen LogP contribution is -2.27. The van der Waals surface area contributed by atoms with E-state index in [1.165, 1.54) is 16.7 Å². The van der Waals surface area contributed by atoms with Crippen molar-refractivity contribution in [2.45, 2.75) is 0 Å². The van der Waals surface area contributed by atoms with Gasteiger partial charge in [-0.05, 0) is 42.0 Å². The van der Waals surface area contributed by atoms with Gasteiger partial charge < -0.3 is 0 Å². The molecular weight excluding hydrogens is 383 g/mol. The smallest absolute Gasteiger partial charge is 0.268 e. The summed E-state index contributed by atoms with van der Waals surface area (Å²) in [4.78, 5) is 14.6. The third-order valence-corrected chi connectivity index (χ3v) is 5.33. The summed E-state index contributed by atoms with van der Waals surface area (Å²) in [5, 5.41) is 9.60. The van der Waals surface area contributed by atoms with E-state index in [9.17, 15) is 4.79 Å². The third-order valence-electron chi connectivity index (χ3n) is 3.29. The van der Waals surface area contributed by atoms with E-state index >= 15 is 0 Å². The first kappa shape index (κ1) is 17.0. The van der Waals surface area contributed by atoms with Gasteiger partial charge in [0.1, 0.15) is 0 Å². The molecule has 1 fully saturated rings. The predicted molar refractivity (Wildman–Crippen MR) is 103 cm³/mol. The van der Waals surface area contributed by atoms with Crippen molar-refractivity contribution in [3.05, 3.63) is 68.5 Å². The molecule has 0 aromatic heterocycles. The van der Waals surface area contributed by atoms with Gasteiger partial charge in [0.25, 0.3) is 5.91 Å². The number of hydrogen-bond donors (Lipinski definition) is 0. The molecule has 0 radical (unpaired) electrons. The number of rotatable bonds is 2. The summed E-state index contributed by atoms with van der Waals surface area (Å²) in [6.07, 6.45) is 1.75. The number of anilines is 1. The molecule has 2 aromatic rings. The van der Waals surface area contributed by atoms with Crippen LogP contribution in [0.3, 0.4) is 0 Å². The summed E-state index contributed by atoms with van der Waals surface area (Å²) in [6.45, 7) is 0. The Hall–Kier alpha value is -1.84. The molecule has 24 heavy (non-hydrogen) atoms. The highest BCUT2D eigenvalue weighted by molar-refractivity contribution is 8.27. The Morgan fingerprint density at radius 3 is 2.46 bits per heavy atom. The second-order valence-corrected chi connectivity index (χ2v) is 7.34. The number of amides is 1. The fraction of sp³-hybridized carbons (Fsp3) is 0. The summed E-state index contributed by atoms with van der Waals surface area (Å²) < 4.78 is 0.429. The molecule has 1 aliphatic heterocycles. The van der Waals surface area contributed by atoms with Crippen molar-refractivity contribution in [2.24, 2.45) is 0 Å². The summed E-state index contributed by atoms with van der Waals surface area (Å²) in [7, 11) is 0. The quantitative estimate of drug-likeness (QED) is 0.517. The van der Waals surface area contributed by atoms with Crippen molar-refractivity contribution in [1.29, 1.82) is 5.26 Å². The Morgan fingerprint density at radius 1 is 1.12 bits per heavy atom. The molecule has 0 unspecified atom stereocenters. The van der Waals surface area contributed by atoms with Crippen molar-refractivity contribution in [3.8, 4) is 6.07 Å². The molecule has 1 amide bonds. The second-order valence-electron chi connectivity index (χ2n) is 4.85.